The molecule has 1 aliphatic rings. The molecule has 0 radical (unpaired) electrons. The highest BCUT2D eigenvalue weighted by atomic mass is 19.1. The summed E-state index contributed by atoms with van der Waals surface area (Å²) in [5, 5.41) is 6.55. The fraction of sp³-hybridized carbons (Fsp3) is 0.250. The van der Waals surface area contributed by atoms with Gasteiger partial charge in [0.1, 0.15) is 40.8 Å². The van der Waals surface area contributed by atoms with Crippen LogP contribution in [0.5, 0.6) is 23.0 Å². The van der Waals surface area contributed by atoms with Gasteiger partial charge in [-0.1, -0.05) is 0 Å². The van der Waals surface area contributed by atoms with E-state index in [0.717, 1.165) is 30.6 Å². The Morgan fingerprint density at radius 3 is 2.61 bits per heavy atom. The first-order valence-electron chi connectivity index (χ1n) is 14.1. The lowest BCUT2D eigenvalue weighted by atomic mass is 10.1. The minimum atomic E-state index is -0.853. The van der Waals surface area contributed by atoms with E-state index in [9.17, 15) is 9.18 Å². The van der Waals surface area contributed by atoms with Gasteiger partial charge in [0.2, 0.25) is 0 Å². The third kappa shape index (κ3) is 5.84. The van der Waals surface area contributed by atoms with Crippen LogP contribution in [0.25, 0.3) is 16.6 Å². The van der Waals surface area contributed by atoms with Crippen molar-refractivity contribution in [2.45, 2.75) is 25.8 Å². The number of benzene rings is 2. The molecule has 11 nitrogen and oxygen atoms in total. The largest absolute Gasteiger partial charge is 0.494 e. The highest BCUT2D eigenvalue weighted by molar-refractivity contribution is 6.05. The van der Waals surface area contributed by atoms with E-state index in [1.807, 2.05) is 53.9 Å². The van der Waals surface area contributed by atoms with Crippen LogP contribution in [0.2, 0.25) is 0 Å². The number of imidazole rings is 1. The van der Waals surface area contributed by atoms with E-state index in [0.29, 0.717) is 45.4 Å². The molecule has 2 N–H and O–H groups in total. The zero-order valence-electron chi connectivity index (χ0n) is 24.8. The van der Waals surface area contributed by atoms with Crippen LogP contribution in [0.1, 0.15) is 18.4 Å². The first kappa shape index (κ1) is 28.9. The number of carbonyl (C=O) groups is 1. The van der Waals surface area contributed by atoms with E-state index in [-0.39, 0.29) is 11.7 Å². The molecular formula is C32H32FN7O4. The van der Waals surface area contributed by atoms with Gasteiger partial charge in [0.25, 0.3) is 5.91 Å². The summed E-state index contributed by atoms with van der Waals surface area (Å²) in [7, 11) is 4.96. The van der Waals surface area contributed by atoms with Crippen molar-refractivity contribution in [2.75, 3.05) is 38.4 Å². The molecule has 0 saturated carbocycles. The zero-order valence-corrected chi connectivity index (χ0v) is 24.8. The molecule has 1 fully saturated rings. The Morgan fingerprint density at radius 2 is 1.84 bits per heavy atom. The molecule has 44 heavy (non-hydrogen) atoms. The number of methoxy groups -OCH3 is 2. The number of likely N-dealkylation sites (N-methyl/N-ethyl adjacent to an activating group) is 1. The number of nitrogens with one attached hydrogen (secondary N) is 2. The number of halogens is 1. The predicted molar refractivity (Wildman–Crippen MR) is 166 cm³/mol. The summed E-state index contributed by atoms with van der Waals surface area (Å²) in [4.78, 5) is 28.0. The van der Waals surface area contributed by atoms with Gasteiger partial charge < -0.3 is 29.2 Å². The molecule has 5 aromatic rings. The fourth-order valence-electron chi connectivity index (χ4n) is 5.28. The van der Waals surface area contributed by atoms with Gasteiger partial charge in [0, 0.05) is 48.2 Å². The van der Waals surface area contributed by atoms with E-state index in [2.05, 4.69) is 25.6 Å². The second-order valence-corrected chi connectivity index (χ2v) is 10.6. The summed E-state index contributed by atoms with van der Waals surface area (Å²) >= 11 is 0. The van der Waals surface area contributed by atoms with Gasteiger partial charge in [-0.25, -0.2) is 19.3 Å². The fourth-order valence-corrected chi connectivity index (χ4v) is 5.28. The summed E-state index contributed by atoms with van der Waals surface area (Å²) < 4.78 is 34.1. The Morgan fingerprint density at radius 1 is 1.02 bits per heavy atom. The monoisotopic (exact) mass is 597 g/mol. The lowest BCUT2D eigenvalue weighted by Gasteiger charge is -2.17. The van der Waals surface area contributed by atoms with Crippen LogP contribution in [0.4, 0.5) is 21.6 Å². The molecule has 1 atom stereocenters. The predicted octanol–water partition coefficient (Wildman–Crippen LogP) is 6.03. The van der Waals surface area contributed by atoms with Gasteiger partial charge in [0.15, 0.2) is 5.83 Å². The summed E-state index contributed by atoms with van der Waals surface area (Å²) in [6.45, 7) is 2.79. The number of pyridine rings is 1. The molecule has 226 valence electrons. The van der Waals surface area contributed by atoms with Crippen LogP contribution < -0.4 is 24.8 Å². The number of likely N-dealkylation sites (tertiary alicyclic amines) is 1. The van der Waals surface area contributed by atoms with Crippen LogP contribution in [-0.4, -0.2) is 64.0 Å². The SMILES string of the molecule is COc1cc2ncnc(Nc3cc(C)c(Oc4ccn5ccnc5c4)cc3OC)c2cc1NC(=O)/C(F)=C/C1CCCN1C. The van der Waals surface area contributed by atoms with Crippen LogP contribution in [0.15, 0.2) is 73.2 Å². The number of hydrogen-bond donors (Lipinski definition) is 2. The van der Waals surface area contributed by atoms with E-state index in [4.69, 9.17) is 14.2 Å². The average molecular weight is 598 g/mol. The maximum atomic E-state index is 14.9. The molecule has 0 bridgehead atoms. The highest BCUT2D eigenvalue weighted by Crippen LogP contribution is 2.39. The van der Waals surface area contributed by atoms with Gasteiger partial charge in [-0.15, -0.1) is 0 Å². The first-order valence-corrected chi connectivity index (χ1v) is 14.1. The number of carbonyl (C=O) groups excluding carboxylic acids is 1. The van der Waals surface area contributed by atoms with Crippen molar-refractivity contribution in [3.63, 3.8) is 0 Å². The molecular weight excluding hydrogens is 565 g/mol. The molecule has 6 rings (SSSR count). The van der Waals surface area contributed by atoms with Crippen molar-refractivity contribution >= 4 is 39.6 Å². The number of ether oxygens (including phenoxy) is 3. The smallest absolute Gasteiger partial charge is 0.284 e. The van der Waals surface area contributed by atoms with Gasteiger partial charge in [0.05, 0.1) is 31.1 Å². The molecule has 3 aromatic heterocycles. The molecule has 1 aliphatic heterocycles. The summed E-state index contributed by atoms with van der Waals surface area (Å²) in [6, 6.07) is 10.6. The van der Waals surface area contributed by atoms with Crippen LogP contribution in [0, 0.1) is 6.92 Å². The number of aryl methyl sites for hydroxylation is 1. The summed E-state index contributed by atoms with van der Waals surface area (Å²) in [6.07, 6.45) is 10.0. The third-order valence-electron chi connectivity index (χ3n) is 7.68. The number of fused-ring (bicyclic) bond motifs is 2. The second-order valence-electron chi connectivity index (χ2n) is 10.6. The Labute approximate surface area is 253 Å². The molecule has 0 aliphatic carbocycles. The van der Waals surface area contributed by atoms with Crippen molar-refractivity contribution in [3.8, 4) is 23.0 Å². The molecule has 1 unspecified atom stereocenters. The number of hydrogen-bond acceptors (Lipinski definition) is 9. The number of nitrogens with zero attached hydrogens (tertiary/aromatic N) is 5. The second kappa shape index (κ2) is 12.2. The van der Waals surface area contributed by atoms with Crippen LogP contribution in [0.3, 0.4) is 0 Å². The topological polar surface area (TPSA) is 115 Å². The molecule has 0 spiro atoms. The molecule has 2 aromatic carbocycles. The molecule has 1 amide bonds. The number of aromatic nitrogens is 4. The van der Waals surface area contributed by atoms with Crippen molar-refractivity contribution in [1.29, 1.82) is 0 Å². The Kier molecular flexibility index (Phi) is 7.99. The third-order valence-corrected chi connectivity index (χ3v) is 7.68. The zero-order chi connectivity index (χ0) is 30.8. The van der Waals surface area contributed by atoms with E-state index in [1.165, 1.54) is 19.5 Å². The Balaban J connectivity index is 1.28. The molecule has 1 saturated heterocycles. The quantitative estimate of drug-likeness (QED) is 0.197. The van der Waals surface area contributed by atoms with Crippen LogP contribution >= 0.6 is 0 Å². The van der Waals surface area contributed by atoms with Crippen LogP contribution in [-0.2, 0) is 4.79 Å². The average Bonchev–Trinajstić information content (AvgIpc) is 3.66. The van der Waals surface area contributed by atoms with E-state index in [1.54, 1.807) is 31.5 Å². The minimum Gasteiger partial charge on any atom is -0.494 e. The van der Waals surface area contributed by atoms with Gasteiger partial charge >= 0.3 is 0 Å². The van der Waals surface area contributed by atoms with E-state index >= 15 is 0 Å². The summed E-state index contributed by atoms with van der Waals surface area (Å²) in [5.41, 5.74) is 3.10. The maximum absolute atomic E-state index is 14.9. The number of amides is 1. The van der Waals surface area contributed by atoms with Gasteiger partial charge in [-0.2, -0.15) is 0 Å². The summed E-state index contributed by atoms with van der Waals surface area (Å²) in [5.74, 6) is 0.865. The van der Waals surface area contributed by atoms with Crippen molar-refractivity contribution < 1.29 is 23.4 Å². The normalized spacial score (nSPS) is 15.5. The Bertz CT molecular complexity index is 1890. The molecule has 12 heteroatoms. The van der Waals surface area contributed by atoms with Crippen molar-refractivity contribution in [3.05, 3.63) is 78.8 Å². The van der Waals surface area contributed by atoms with Gasteiger partial charge in [-0.3, -0.25) is 9.69 Å². The standard InChI is InChI=1S/C32H32FN7O4/c1-19-12-25(29(43-4)17-27(19)44-21-7-10-40-11-8-34-30(40)14-21)37-31-22-15-26(28(42-3)16-24(22)35-18-36-31)38-32(41)23(33)13-20-6-5-9-39(20)2/h7-8,10-18,20H,5-6,9H2,1-4H3,(H,38,41)(H,35,36,37)/b23-13-. The lowest BCUT2D eigenvalue weighted by molar-refractivity contribution is -0.114. The highest BCUT2D eigenvalue weighted by Gasteiger charge is 2.22. The minimum absolute atomic E-state index is 0.112. The van der Waals surface area contributed by atoms with Crippen molar-refractivity contribution in [2.24, 2.45) is 0 Å². The van der Waals surface area contributed by atoms with E-state index < -0.39 is 11.7 Å². The Hall–Kier alpha value is -5.23. The first-order chi connectivity index (χ1) is 21.3. The number of rotatable bonds is 9. The molecule has 4 heterocycles. The van der Waals surface area contributed by atoms with Gasteiger partial charge in [-0.05, 0) is 63.2 Å². The maximum Gasteiger partial charge on any atom is 0.284 e. The number of anilines is 3. The van der Waals surface area contributed by atoms with Crippen molar-refractivity contribution in [1.82, 2.24) is 24.3 Å². The lowest BCUT2D eigenvalue weighted by Crippen LogP contribution is -2.24.